The highest BCUT2D eigenvalue weighted by atomic mass is 35.5. The summed E-state index contributed by atoms with van der Waals surface area (Å²) >= 11 is 12.2. The maximum Gasteiger partial charge on any atom is 0.293 e. The number of ether oxygens (including phenoxy) is 1. The van der Waals surface area contributed by atoms with Crippen molar-refractivity contribution in [1.82, 2.24) is 10.1 Å². The van der Waals surface area contributed by atoms with Gasteiger partial charge >= 0.3 is 0 Å². The van der Waals surface area contributed by atoms with E-state index in [4.69, 9.17) is 36.9 Å². The summed E-state index contributed by atoms with van der Waals surface area (Å²) < 4.78 is 17.1. The van der Waals surface area contributed by atoms with E-state index < -0.39 is 0 Å². The van der Waals surface area contributed by atoms with Gasteiger partial charge < -0.3 is 13.7 Å². The van der Waals surface area contributed by atoms with Gasteiger partial charge in [0.1, 0.15) is 18.1 Å². The number of hydrogen-bond acceptors (Lipinski definition) is 5. The van der Waals surface area contributed by atoms with Crippen LogP contribution < -0.4 is 4.74 Å². The molecule has 5 aromatic rings. The molecular weight excluding hydrogens is 483 g/mol. The zero-order valence-corrected chi connectivity index (χ0v) is 20.7. The van der Waals surface area contributed by atoms with E-state index in [0.29, 0.717) is 33.0 Å². The van der Waals surface area contributed by atoms with Gasteiger partial charge in [-0.25, -0.2) is 0 Å². The van der Waals surface area contributed by atoms with Gasteiger partial charge in [-0.2, -0.15) is 4.98 Å². The number of benzene rings is 3. The van der Waals surface area contributed by atoms with E-state index in [0.717, 1.165) is 5.75 Å². The Balaban J connectivity index is 1.24. The van der Waals surface area contributed by atoms with Gasteiger partial charge in [0.05, 0.1) is 5.02 Å². The third-order valence-corrected chi connectivity index (χ3v) is 6.47. The molecule has 0 unspecified atom stereocenters. The van der Waals surface area contributed by atoms with Crippen molar-refractivity contribution < 1.29 is 13.7 Å². The number of aromatic nitrogens is 2. The van der Waals surface area contributed by atoms with Crippen LogP contribution in [0.4, 0.5) is 0 Å². The average molecular weight is 505 g/mol. The highest BCUT2D eigenvalue weighted by molar-refractivity contribution is 6.36. The van der Waals surface area contributed by atoms with Gasteiger partial charge in [0.15, 0.2) is 5.76 Å². The highest BCUT2D eigenvalue weighted by Gasteiger charge is 2.22. The van der Waals surface area contributed by atoms with Gasteiger partial charge in [-0.05, 0) is 53.6 Å². The van der Waals surface area contributed by atoms with Crippen LogP contribution >= 0.6 is 23.2 Å². The summed E-state index contributed by atoms with van der Waals surface area (Å²) in [6.07, 6.45) is 0. The monoisotopic (exact) mass is 504 g/mol. The molecule has 7 heteroatoms. The molecule has 0 spiro atoms. The van der Waals surface area contributed by atoms with Crippen LogP contribution in [0.15, 0.2) is 93.9 Å². The summed E-state index contributed by atoms with van der Waals surface area (Å²) in [6.45, 7) is 4.70. The molecule has 0 atom stereocenters. The second-order valence-electron chi connectivity index (χ2n) is 8.62. The fourth-order valence-corrected chi connectivity index (χ4v) is 4.31. The zero-order chi connectivity index (χ0) is 24.4. The summed E-state index contributed by atoms with van der Waals surface area (Å²) in [5.41, 5.74) is 3.00. The summed E-state index contributed by atoms with van der Waals surface area (Å²) in [5, 5.41) is 4.98. The molecule has 2 aromatic heterocycles. The molecule has 3 aromatic carbocycles. The van der Waals surface area contributed by atoms with Crippen LogP contribution in [0.1, 0.15) is 30.7 Å². The molecule has 35 heavy (non-hydrogen) atoms. The van der Waals surface area contributed by atoms with E-state index in [2.05, 4.69) is 60.4 Å². The minimum absolute atomic E-state index is 0.102. The first-order chi connectivity index (χ1) is 16.9. The summed E-state index contributed by atoms with van der Waals surface area (Å²) in [4.78, 5) is 4.39. The number of nitrogens with zero attached hydrogens (tertiary/aromatic N) is 2. The molecule has 0 saturated carbocycles. The first kappa shape index (κ1) is 23.2. The Morgan fingerprint density at radius 3 is 2.34 bits per heavy atom. The number of rotatable bonds is 7. The summed E-state index contributed by atoms with van der Waals surface area (Å²) in [6, 6.07) is 27.3. The zero-order valence-electron chi connectivity index (χ0n) is 19.2. The molecule has 0 aliphatic carbocycles. The van der Waals surface area contributed by atoms with E-state index in [1.165, 1.54) is 11.1 Å². The molecule has 0 bridgehead atoms. The Morgan fingerprint density at radius 2 is 1.60 bits per heavy atom. The number of furan rings is 1. The van der Waals surface area contributed by atoms with Gasteiger partial charge in [-0.15, -0.1) is 0 Å². The van der Waals surface area contributed by atoms with Crippen molar-refractivity contribution in [3.63, 3.8) is 0 Å². The maximum absolute atomic E-state index is 6.24. The largest absolute Gasteiger partial charge is 0.486 e. The van der Waals surface area contributed by atoms with Crippen LogP contribution in [0.25, 0.3) is 23.0 Å². The molecule has 5 nitrogen and oxygen atoms in total. The first-order valence-electron chi connectivity index (χ1n) is 11.1. The molecule has 176 valence electrons. The Kier molecular flexibility index (Phi) is 6.37. The highest BCUT2D eigenvalue weighted by Crippen LogP contribution is 2.33. The van der Waals surface area contributed by atoms with Crippen LogP contribution in [0.3, 0.4) is 0 Å². The van der Waals surface area contributed by atoms with E-state index in [1.807, 2.05) is 24.3 Å². The van der Waals surface area contributed by atoms with Crippen molar-refractivity contribution in [2.45, 2.75) is 25.9 Å². The molecule has 0 N–H and O–H groups in total. The van der Waals surface area contributed by atoms with Crippen LogP contribution in [-0.2, 0) is 12.0 Å². The predicted octanol–water partition coefficient (Wildman–Crippen LogP) is 8.21. The quantitative estimate of drug-likeness (QED) is 0.223. The third kappa shape index (κ3) is 4.97. The average Bonchev–Trinajstić information content (AvgIpc) is 3.54. The fraction of sp³-hybridized carbons (Fsp3) is 0.143. The maximum atomic E-state index is 6.24. The normalized spacial score (nSPS) is 11.5. The molecule has 0 radical (unpaired) electrons. The Labute approximate surface area is 213 Å². The molecule has 0 saturated heterocycles. The minimum Gasteiger partial charge on any atom is -0.486 e. The molecule has 5 rings (SSSR count). The number of halogens is 2. The van der Waals surface area contributed by atoms with Crippen LogP contribution in [0.5, 0.6) is 5.75 Å². The molecule has 0 aliphatic heterocycles. The number of hydrogen-bond donors (Lipinski definition) is 0. The van der Waals surface area contributed by atoms with Gasteiger partial charge in [0.25, 0.3) is 5.89 Å². The topological polar surface area (TPSA) is 61.3 Å². The van der Waals surface area contributed by atoms with Crippen LogP contribution in [-0.4, -0.2) is 10.1 Å². The standard InChI is InChI=1S/C28H22Cl2N2O3/c1-28(2,18-6-4-3-5-7-18)19-8-11-21(12-9-19)33-17-22-13-15-25(34-22)27-31-26(32-35-27)23-14-10-20(29)16-24(23)30/h3-16H,17H2,1-2H3. The van der Waals surface area contributed by atoms with E-state index in [1.54, 1.807) is 24.3 Å². The van der Waals surface area contributed by atoms with Crippen molar-refractivity contribution in [3.05, 3.63) is 112 Å². The smallest absolute Gasteiger partial charge is 0.293 e. The SMILES string of the molecule is CC(C)(c1ccccc1)c1ccc(OCc2ccc(-c3nc(-c4ccc(Cl)cc4Cl)no3)o2)cc1. The third-order valence-electron chi connectivity index (χ3n) is 5.92. The van der Waals surface area contributed by atoms with Gasteiger partial charge in [-0.1, -0.05) is 84.7 Å². The van der Waals surface area contributed by atoms with Crippen molar-refractivity contribution in [3.8, 4) is 28.8 Å². The van der Waals surface area contributed by atoms with E-state index >= 15 is 0 Å². The fourth-order valence-electron chi connectivity index (χ4n) is 3.82. The molecule has 0 amide bonds. The van der Waals surface area contributed by atoms with E-state index in [-0.39, 0.29) is 17.9 Å². The van der Waals surface area contributed by atoms with Gasteiger partial charge in [0, 0.05) is 16.0 Å². The Morgan fingerprint density at radius 1 is 0.857 bits per heavy atom. The van der Waals surface area contributed by atoms with Crippen molar-refractivity contribution in [2.24, 2.45) is 0 Å². The Bertz CT molecular complexity index is 1440. The van der Waals surface area contributed by atoms with Crippen LogP contribution in [0, 0.1) is 0 Å². The van der Waals surface area contributed by atoms with Gasteiger partial charge in [0.2, 0.25) is 5.82 Å². The van der Waals surface area contributed by atoms with Crippen molar-refractivity contribution in [1.29, 1.82) is 0 Å². The first-order valence-corrected chi connectivity index (χ1v) is 11.8. The molecule has 2 heterocycles. The lowest BCUT2D eigenvalue weighted by Crippen LogP contribution is -2.18. The van der Waals surface area contributed by atoms with E-state index in [9.17, 15) is 0 Å². The van der Waals surface area contributed by atoms with Crippen molar-refractivity contribution >= 4 is 23.2 Å². The summed E-state index contributed by atoms with van der Waals surface area (Å²) in [5.74, 6) is 2.46. The van der Waals surface area contributed by atoms with Crippen molar-refractivity contribution in [2.75, 3.05) is 0 Å². The second-order valence-corrected chi connectivity index (χ2v) is 9.46. The lowest BCUT2D eigenvalue weighted by Gasteiger charge is -2.26. The minimum atomic E-state index is -0.102. The Hall–Kier alpha value is -3.54. The second kappa shape index (κ2) is 9.61. The van der Waals surface area contributed by atoms with Crippen LogP contribution in [0.2, 0.25) is 10.0 Å². The lowest BCUT2D eigenvalue weighted by molar-refractivity contribution is 0.270. The lowest BCUT2D eigenvalue weighted by atomic mass is 9.78. The van der Waals surface area contributed by atoms with Gasteiger partial charge in [-0.3, -0.25) is 0 Å². The summed E-state index contributed by atoms with van der Waals surface area (Å²) in [7, 11) is 0. The molecule has 0 aliphatic rings. The molecular formula is C28H22Cl2N2O3. The molecule has 0 fully saturated rings. The predicted molar refractivity (Wildman–Crippen MR) is 137 cm³/mol.